The predicted octanol–water partition coefficient (Wildman–Crippen LogP) is 12.5. The molecule has 0 aromatic rings. The van der Waals surface area contributed by atoms with E-state index in [2.05, 4.69) is 13.8 Å². The Labute approximate surface area is 251 Å². The molecule has 0 saturated carbocycles. The molecule has 0 saturated heterocycles. The van der Waals surface area contributed by atoms with Crippen molar-refractivity contribution in [1.82, 2.24) is 0 Å². The molecular formula is C36H76O2Si. The van der Waals surface area contributed by atoms with Crippen LogP contribution in [0.25, 0.3) is 0 Å². The molecule has 0 aromatic heterocycles. The zero-order chi connectivity index (χ0) is 28.2. The van der Waals surface area contributed by atoms with E-state index in [9.17, 15) is 0 Å². The SMILES string of the molecule is CCCCCCCCCCCCCCCCCCO[SiH2]OCCCCCCCCCCCCCCCCCC. The summed E-state index contributed by atoms with van der Waals surface area (Å²) in [5.74, 6) is 0. The van der Waals surface area contributed by atoms with Crippen molar-refractivity contribution < 1.29 is 8.85 Å². The molecule has 0 fully saturated rings. The maximum atomic E-state index is 5.80. The summed E-state index contributed by atoms with van der Waals surface area (Å²) in [6.07, 6.45) is 45.6. The van der Waals surface area contributed by atoms with Crippen LogP contribution in [-0.2, 0) is 8.85 Å². The molecule has 39 heavy (non-hydrogen) atoms. The summed E-state index contributed by atoms with van der Waals surface area (Å²) in [6.45, 7) is 6.47. The Kier molecular flexibility index (Phi) is 38.3. The summed E-state index contributed by atoms with van der Waals surface area (Å²) >= 11 is 0. The average molecular weight is 569 g/mol. The first-order valence-electron chi connectivity index (χ1n) is 18.6. The van der Waals surface area contributed by atoms with Crippen molar-refractivity contribution in [2.45, 2.75) is 219 Å². The van der Waals surface area contributed by atoms with E-state index in [1.165, 1.54) is 205 Å². The van der Waals surface area contributed by atoms with E-state index < -0.39 is 10.0 Å². The van der Waals surface area contributed by atoms with Crippen LogP contribution >= 0.6 is 0 Å². The molecule has 2 nitrogen and oxygen atoms in total. The van der Waals surface area contributed by atoms with Crippen LogP contribution < -0.4 is 0 Å². The highest BCUT2D eigenvalue weighted by molar-refractivity contribution is 6.17. The van der Waals surface area contributed by atoms with Crippen LogP contribution in [0, 0.1) is 0 Å². The Morgan fingerprint density at radius 3 is 0.641 bits per heavy atom. The maximum Gasteiger partial charge on any atom is 0.304 e. The van der Waals surface area contributed by atoms with Gasteiger partial charge in [-0.2, -0.15) is 0 Å². The maximum absolute atomic E-state index is 5.80. The molecule has 0 atom stereocenters. The lowest BCUT2D eigenvalue weighted by molar-refractivity contribution is 0.213. The van der Waals surface area contributed by atoms with Crippen molar-refractivity contribution in [3.8, 4) is 0 Å². The van der Waals surface area contributed by atoms with Gasteiger partial charge in [0.05, 0.1) is 0 Å². The van der Waals surface area contributed by atoms with Crippen molar-refractivity contribution in [3.63, 3.8) is 0 Å². The van der Waals surface area contributed by atoms with E-state index in [4.69, 9.17) is 8.85 Å². The largest absolute Gasteiger partial charge is 0.399 e. The summed E-state index contributed by atoms with van der Waals surface area (Å²) in [4.78, 5) is 0. The number of hydrogen-bond acceptors (Lipinski definition) is 2. The number of rotatable bonds is 36. The second-order valence-corrected chi connectivity index (χ2v) is 13.6. The zero-order valence-corrected chi connectivity index (χ0v) is 29.0. The van der Waals surface area contributed by atoms with Gasteiger partial charge >= 0.3 is 10.0 Å². The molecule has 0 N–H and O–H groups in total. The molecule has 0 bridgehead atoms. The van der Waals surface area contributed by atoms with Gasteiger partial charge in [-0.15, -0.1) is 0 Å². The van der Waals surface area contributed by atoms with Gasteiger partial charge in [-0.05, 0) is 12.8 Å². The van der Waals surface area contributed by atoms with Crippen molar-refractivity contribution in [2.75, 3.05) is 13.2 Å². The van der Waals surface area contributed by atoms with Crippen LogP contribution in [-0.4, -0.2) is 23.2 Å². The van der Waals surface area contributed by atoms with E-state index in [0.29, 0.717) is 0 Å². The van der Waals surface area contributed by atoms with Gasteiger partial charge in [-0.3, -0.25) is 0 Å². The van der Waals surface area contributed by atoms with Crippen molar-refractivity contribution >= 4 is 10.0 Å². The minimum Gasteiger partial charge on any atom is -0.399 e. The first-order chi connectivity index (χ1) is 19.4. The topological polar surface area (TPSA) is 18.5 Å². The average Bonchev–Trinajstić information content (AvgIpc) is 2.95. The lowest BCUT2D eigenvalue weighted by Crippen LogP contribution is -2.07. The second kappa shape index (κ2) is 38.1. The highest BCUT2D eigenvalue weighted by Crippen LogP contribution is 2.15. The third-order valence-electron chi connectivity index (χ3n) is 8.45. The van der Waals surface area contributed by atoms with E-state index >= 15 is 0 Å². The fraction of sp³-hybridized carbons (Fsp3) is 1.00. The van der Waals surface area contributed by atoms with Gasteiger partial charge in [0.15, 0.2) is 0 Å². The molecule has 0 aliphatic rings. The summed E-state index contributed by atoms with van der Waals surface area (Å²) in [7, 11) is -0.720. The van der Waals surface area contributed by atoms with Crippen molar-refractivity contribution in [2.24, 2.45) is 0 Å². The van der Waals surface area contributed by atoms with Gasteiger partial charge < -0.3 is 8.85 Å². The molecule has 236 valence electrons. The minimum atomic E-state index is -0.720. The van der Waals surface area contributed by atoms with E-state index in [-0.39, 0.29) is 0 Å². The normalized spacial score (nSPS) is 11.5. The van der Waals surface area contributed by atoms with Gasteiger partial charge in [-0.25, -0.2) is 0 Å². The number of unbranched alkanes of at least 4 members (excludes halogenated alkanes) is 30. The van der Waals surface area contributed by atoms with Gasteiger partial charge in [0.25, 0.3) is 0 Å². The Balaban J connectivity index is 3.01. The van der Waals surface area contributed by atoms with Gasteiger partial charge in [-0.1, -0.05) is 206 Å². The fourth-order valence-corrected chi connectivity index (χ4v) is 6.44. The van der Waals surface area contributed by atoms with Crippen molar-refractivity contribution in [3.05, 3.63) is 0 Å². The highest BCUT2D eigenvalue weighted by Gasteiger charge is 1.97. The summed E-state index contributed by atoms with van der Waals surface area (Å²) in [6, 6.07) is 0. The summed E-state index contributed by atoms with van der Waals surface area (Å²) < 4.78 is 11.6. The lowest BCUT2D eigenvalue weighted by atomic mass is 10.0. The van der Waals surface area contributed by atoms with Crippen LogP contribution in [0.15, 0.2) is 0 Å². The van der Waals surface area contributed by atoms with Crippen molar-refractivity contribution in [1.29, 1.82) is 0 Å². The van der Waals surface area contributed by atoms with Crippen LogP contribution in [0.3, 0.4) is 0 Å². The highest BCUT2D eigenvalue weighted by atomic mass is 28.3. The standard InChI is InChI=1S/C36H76O2Si/c1-3-5-7-9-11-13-15-17-19-21-23-25-27-29-31-33-35-37-39-38-36-34-32-30-28-26-24-22-20-18-16-14-12-10-8-6-4-2/h3-36,39H2,1-2H3. The monoisotopic (exact) mass is 569 g/mol. The molecule has 0 aromatic carbocycles. The molecular weight excluding hydrogens is 492 g/mol. The first kappa shape index (κ1) is 39.1. The van der Waals surface area contributed by atoms with Gasteiger partial charge in [0.1, 0.15) is 0 Å². The molecule has 0 amide bonds. The molecule has 0 aliphatic heterocycles. The molecule has 0 heterocycles. The third-order valence-corrected chi connectivity index (χ3v) is 9.36. The summed E-state index contributed by atoms with van der Waals surface area (Å²) in [5.41, 5.74) is 0. The van der Waals surface area contributed by atoms with Gasteiger partial charge in [0.2, 0.25) is 0 Å². The van der Waals surface area contributed by atoms with Crippen LogP contribution in [0.1, 0.15) is 219 Å². The Bertz CT molecular complexity index is 368. The molecule has 0 aliphatic carbocycles. The smallest absolute Gasteiger partial charge is 0.304 e. The predicted molar refractivity (Wildman–Crippen MR) is 180 cm³/mol. The number of hydrogen-bond donors (Lipinski definition) is 0. The van der Waals surface area contributed by atoms with Crippen LogP contribution in [0.2, 0.25) is 0 Å². The van der Waals surface area contributed by atoms with Crippen LogP contribution in [0.4, 0.5) is 0 Å². The molecule has 3 heteroatoms. The molecule has 0 spiro atoms. The zero-order valence-electron chi connectivity index (χ0n) is 27.6. The van der Waals surface area contributed by atoms with E-state index in [0.717, 1.165) is 13.2 Å². The first-order valence-corrected chi connectivity index (χ1v) is 19.7. The second-order valence-electron chi connectivity index (χ2n) is 12.5. The lowest BCUT2D eigenvalue weighted by Gasteiger charge is -2.06. The molecule has 0 unspecified atom stereocenters. The van der Waals surface area contributed by atoms with E-state index in [1.807, 2.05) is 0 Å². The molecule has 0 radical (unpaired) electrons. The Hall–Kier alpha value is 0.137. The van der Waals surface area contributed by atoms with E-state index in [1.54, 1.807) is 0 Å². The summed E-state index contributed by atoms with van der Waals surface area (Å²) in [5, 5.41) is 0. The van der Waals surface area contributed by atoms with Gasteiger partial charge in [0, 0.05) is 13.2 Å². The van der Waals surface area contributed by atoms with Crippen LogP contribution in [0.5, 0.6) is 0 Å². The molecule has 0 rings (SSSR count). The minimum absolute atomic E-state index is 0.720. The fourth-order valence-electron chi connectivity index (χ4n) is 5.68. The quantitative estimate of drug-likeness (QED) is 0.0552. The Morgan fingerprint density at radius 2 is 0.436 bits per heavy atom. The Morgan fingerprint density at radius 1 is 0.256 bits per heavy atom. The third kappa shape index (κ3) is 38.1.